The summed E-state index contributed by atoms with van der Waals surface area (Å²) < 4.78 is 1.10. The second-order valence-electron chi connectivity index (χ2n) is 4.29. The number of hydrogen-bond acceptors (Lipinski definition) is 1. The lowest BCUT2D eigenvalue weighted by Crippen LogP contribution is -1.94. The van der Waals surface area contributed by atoms with Crippen molar-refractivity contribution in [3.05, 3.63) is 33.8 Å². The molecule has 0 heterocycles. The molecule has 0 radical (unpaired) electrons. The van der Waals surface area contributed by atoms with Crippen LogP contribution in [-0.2, 0) is 0 Å². The lowest BCUT2D eigenvalue weighted by molar-refractivity contribution is 0.725. The van der Waals surface area contributed by atoms with Crippen LogP contribution in [0.15, 0.2) is 22.7 Å². The van der Waals surface area contributed by atoms with Gasteiger partial charge in [0.15, 0.2) is 0 Å². The van der Waals surface area contributed by atoms with Crippen molar-refractivity contribution in [2.24, 2.45) is 5.41 Å². The highest BCUT2D eigenvalue weighted by atomic mass is 79.9. The van der Waals surface area contributed by atoms with Crippen LogP contribution in [0, 0.1) is 23.7 Å². The van der Waals surface area contributed by atoms with E-state index in [-0.39, 0.29) is 5.41 Å². The van der Waals surface area contributed by atoms with Crippen LogP contribution in [0.4, 0.5) is 0 Å². The van der Waals surface area contributed by atoms with E-state index in [0.29, 0.717) is 5.92 Å². The Morgan fingerprint density at radius 1 is 1.57 bits per heavy atom. The molecule has 0 aliphatic heterocycles. The second kappa shape index (κ2) is 3.10. The van der Waals surface area contributed by atoms with Crippen LogP contribution in [0.1, 0.15) is 30.4 Å². The molecular weight excluding hydrogens is 238 g/mol. The van der Waals surface area contributed by atoms with Crippen LogP contribution >= 0.6 is 15.9 Å². The first kappa shape index (κ1) is 9.73. The molecule has 1 aliphatic rings. The molecular formula is C12H12BrN. The van der Waals surface area contributed by atoms with Gasteiger partial charge in [0, 0.05) is 10.4 Å². The van der Waals surface area contributed by atoms with Gasteiger partial charge in [0.25, 0.3) is 0 Å². The standard InChI is InChI=1S/C12H12BrN/c1-8-3-4-9(13)5-10(8)11-6-12(11,2)7-14/h3-5,11H,6H2,1-2H3. The topological polar surface area (TPSA) is 23.8 Å². The van der Waals surface area contributed by atoms with Crippen LogP contribution < -0.4 is 0 Å². The highest BCUT2D eigenvalue weighted by Crippen LogP contribution is 2.59. The van der Waals surface area contributed by atoms with Gasteiger partial charge in [0.2, 0.25) is 0 Å². The zero-order valence-electron chi connectivity index (χ0n) is 8.34. The van der Waals surface area contributed by atoms with Gasteiger partial charge in [-0.15, -0.1) is 0 Å². The number of aryl methyl sites for hydroxylation is 1. The maximum absolute atomic E-state index is 9.00. The molecule has 2 heteroatoms. The minimum atomic E-state index is -0.119. The number of benzene rings is 1. The zero-order chi connectivity index (χ0) is 10.3. The fraction of sp³-hybridized carbons (Fsp3) is 0.417. The molecule has 2 unspecified atom stereocenters. The lowest BCUT2D eigenvalue weighted by atomic mass is 9.99. The first-order chi connectivity index (χ1) is 6.57. The molecule has 2 atom stereocenters. The summed E-state index contributed by atoms with van der Waals surface area (Å²) in [5.74, 6) is 0.435. The Hall–Kier alpha value is -0.810. The van der Waals surface area contributed by atoms with Crippen molar-refractivity contribution >= 4 is 15.9 Å². The minimum absolute atomic E-state index is 0.119. The van der Waals surface area contributed by atoms with Gasteiger partial charge < -0.3 is 0 Å². The van der Waals surface area contributed by atoms with Crippen molar-refractivity contribution in [1.82, 2.24) is 0 Å². The van der Waals surface area contributed by atoms with E-state index in [4.69, 9.17) is 5.26 Å². The summed E-state index contributed by atoms with van der Waals surface area (Å²) in [6.07, 6.45) is 1.00. The zero-order valence-corrected chi connectivity index (χ0v) is 9.93. The Bertz CT molecular complexity index is 419. The quantitative estimate of drug-likeness (QED) is 0.744. The molecule has 72 valence electrons. The molecule has 1 saturated carbocycles. The van der Waals surface area contributed by atoms with Crippen LogP contribution in [0.2, 0.25) is 0 Å². The van der Waals surface area contributed by atoms with E-state index in [2.05, 4.69) is 41.1 Å². The van der Waals surface area contributed by atoms with Crippen LogP contribution in [-0.4, -0.2) is 0 Å². The summed E-state index contributed by atoms with van der Waals surface area (Å²) in [7, 11) is 0. The molecule has 14 heavy (non-hydrogen) atoms. The Kier molecular flexibility index (Phi) is 2.16. The number of nitriles is 1. The first-order valence-electron chi connectivity index (χ1n) is 4.74. The van der Waals surface area contributed by atoms with Crippen molar-refractivity contribution in [3.63, 3.8) is 0 Å². The van der Waals surface area contributed by atoms with Gasteiger partial charge in [-0.05, 0) is 43.5 Å². The van der Waals surface area contributed by atoms with Gasteiger partial charge in [0.05, 0.1) is 11.5 Å². The molecule has 1 aromatic carbocycles. The molecule has 1 aromatic rings. The fourth-order valence-electron chi connectivity index (χ4n) is 1.93. The Morgan fingerprint density at radius 2 is 2.29 bits per heavy atom. The van der Waals surface area contributed by atoms with Gasteiger partial charge in [-0.2, -0.15) is 5.26 Å². The Morgan fingerprint density at radius 3 is 2.86 bits per heavy atom. The van der Waals surface area contributed by atoms with Crippen molar-refractivity contribution in [2.75, 3.05) is 0 Å². The van der Waals surface area contributed by atoms with E-state index in [1.165, 1.54) is 11.1 Å². The third-order valence-corrected chi connectivity index (χ3v) is 3.60. The van der Waals surface area contributed by atoms with Crippen molar-refractivity contribution < 1.29 is 0 Å². The van der Waals surface area contributed by atoms with Crippen molar-refractivity contribution in [3.8, 4) is 6.07 Å². The summed E-state index contributed by atoms with van der Waals surface area (Å²) in [6.45, 7) is 4.15. The summed E-state index contributed by atoms with van der Waals surface area (Å²) in [5, 5.41) is 9.00. The average molecular weight is 250 g/mol. The van der Waals surface area contributed by atoms with Gasteiger partial charge in [-0.3, -0.25) is 0 Å². The highest BCUT2D eigenvalue weighted by molar-refractivity contribution is 9.10. The Balaban J connectivity index is 2.36. The van der Waals surface area contributed by atoms with Gasteiger partial charge in [-0.25, -0.2) is 0 Å². The molecule has 0 aromatic heterocycles. The first-order valence-corrected chi connectivity index (χ1v) is 5.53. The van der Waals surface area contributed by atoms with E-state index >= 15 is 0 Å². The van der Waals surface area contributed by atoms with E-state index < -0.39 is 0 Å². The monoisotopic (exact) mass is 249 g/mol. The minimum Gasteiger partial charge on any atom is -0.198 e. The Labute approximate surface area is 92.9 Å². The normalized spacial score (nSPS) is 29.7. The molecule has 0 bridgehead atoms. The lowest BCUT2D eigenvalue weighted by Gasteiger charge is -2.06. The molecule has 1 fully saturated rings. The van der Waals surface area contributed by atoms with E-state index in [0.717, 1.165) is 10.9 Å². The van der Waals surface area contributed by atoms with Crippen molar-refractivity contribution in [1.29, 1.82) is 5.26 Å². The molecule has 0 saturated heterocycles. The van der Waals surface area contributed by atoms with Gasteiger partial charge in [-0.1, -0.05) is 22.0 Å². The molecule has 2 rings (SSSR count). The summed E-state index contributed by atoms with van der Waals surface area (Å²) in [6, 6.07) is 8.69. The van der Waals surface area contributed by atoms with Crippen LogP contribution in [0.5, 0.6) is 0 Å². The van der Waals surface area contributed by atoms with Gasteiger partial charge in [0.1, 0.15) is 0 Å². The smallest absolute Gasteiger partial charge is 0.0693 e. The predicted octanol–water partition coefficient (Wildman–Crippen LogP) is 3.77. The summed E-state index contributed by atoms with van der Waals surface area (Å²) in [5.41, 5.74) is 2.49. The largest absolute Gasteiger partial charge is 0.198 e. The molecule has 1 aliphatic carbocycles. The van der Waals surface area contributed by atoms with Crippen molar-refractivity contribution in [2.45, 2.75) is 26.2 Å². The van der Waals surface area contributed by atoms with Crippen LogP contribution in [0.3, 0.4) is 0 Å². The maximum Gasteiger partial charge on any atom is 0.0693 e. The SMILES string of the molecule is Cc1ccc(Br)cc1C1CC1(C)C#N. The number of rotatable bonds is 1. The number of hydrogen-bond donors (Lipinski definition) is 0. The fourth-order valence-corrected chi connectivity index (χ4v) is 2.31. The van der Waals surface area contributed by atoms with E-state index in [1.807, 2.05) is 13.0 Å². The van der Waals surface area contributed by atoms with E-state index in [1.54, 1.807) is 0 Å². The van der Waals surface area contributed by atoms with Gasteiger partial charge >= 0.3 is 0 Å². The van der Waals surface area contributed by atoms with E-state index in [9.17, 15) is 0 Å². The van der Waals surface area contributed by atoms with Crippen LogP contribution in [0.25, 0.3) is 0 Å². The molecule has 1 nitrogen and oxygen atoms in total. The molecule has 0 amide bonds. The molecule has 0 spiro atoms. The average Bonchev–Trinajstić information content (AvgIpc) is 2.83. The summed E-state index contributed by atoms with van der Waals surface area (Å²) >= 11 is 3.47. The molecule has 0 N–H and O–H groups in total. The maximum atomic E-state index is 9.00. The predicted molar refractivity (Wildman–Crippen MR) is 60.0 cm³/mol. The number of halogens is 1. The number of nitrogens with zero attached hydrogens (tertiary/aromatic N) is 1. The summed E-state index contributed by atoms with van der Waals surface area (Å²) in [4.78, 5) is 0. The third kappa shape index (κ3) is 1.46. The highest BCUT2D eigenvalue weighted by Gasteiger charge is 2.51. The third-order valence-electron chi connectivity index (χ3n) is 3.11. The second-order valence-corrected chi connectivity index (χ2v) is 5.20.